The van der Waals surface area contributed by atoms with Crippen molar-refractivity contribution in [2.24, 2.45) is 5.73 Å². The molecule has 0 aliphatic carbocycles. The van der Waals surface area contributed by atoms with E-state index in [1.165, 1.54) is 5.52 Å². The molecule has 0 saturated heterocycles. The number of fused-ring (bicyclic) bond motifs is 1. The van der Waals surface area contributed by atoms with Crippen molar-refractivity contribution in [1.82, 2.24) is 9.55 Å². The van der Waals surface area contributed by atoms with E-state index in [1.54, 1.807) is 7.11 Å². The predicted octanol–water partition coefficient (Wildman–Crippen LogP) is 1.59. The molecule has 0 unspecified atom stereocenters. The lowest BCUT2D eigenvalue weighted by Crippen LogP contribution is -2.12. The predicted molar refractivity (Wildman–Crippen MR) is 79.8 cm³/mol. The molecule has 5 nitrogen and oxygen atoms in total. The summed E-state index contributed by atoms with van der Waals surface area (Å²) in [5, 5.41) is 0. The Balaban J connectivity index is 1.98. The van der Waals surface area contributed by atoms with Crippen LogP contribution in [0.5, 0.6) is 0 Å². The monoisotopic (exact) mass is 277 g/mol. The maximum atomic E-state index is 5.67. The summed E-state index contributed by atoms with van der Waals surface area (Å²) >= 11 is 0. The summed E-state index contributed by atoms with van der Waals surface area (Å²) < 4.78 is 12.7. The van der Waals surface area contributed by atoms with Crippen molar-refractivity contribution >= 4 is 11.0 Å². The molecule has 2 aromatic rings. The first-order valence-electron chi connectivity index (χ1n) is 7.07. The largest absolute Gasteiger partial charge is 0.382 e. The smallest absolute Gasteiger partial charge is 0.111 e. The van der Waals surface area contributed by atoms with Gasteiger partial charge in [-0.15, -0.1) is 0 Å². The minimum absolute atomic E-state index is 0.619. The second-order valence-electron chi connectivity index (χ2n) is 4.67. The number of para-hydroxylation sites is 2. The average molecular weight is 277 g/mol. The summed E-state index contributed by atoms with van der Waals surface area (Å²) in [4.78, 5) is 4.65. The third kappa shape index (κ3) is 3.79. The fourth-order valence-corrected chi connectivity index (χ4v) is 2.26. The quantitative estimate of drug-likeness (QED) is 0.707. The molecule has 0 spiro atoms. The summed E-state index contributed by atoms with van der Waals surface area (Å²) in [7, 11) is 1.68. The Morgan fingerprint density at radius 1 is 1.20 bits per heavy atom. The number of rotatable bonds is 9. The number of methoxy groups -OCH3 is 1. The molecule has 0 saturated carbocycles. The maximum Gasteiger partial charge on any atom is 0.111 e. The first-order valence-corrected chi connectivity index (χ1v) is 7.07. The van der Waals surface area contributed by atoms with Crippen LogP contribution in [0.15, 0.2) is 24.3 Å². The molecule has 0 radical (unpaired) electrons. The van der Waals surface area contributed by atoms with E-state index in [0.717, 1.165) is 37.3 Å². The number of ether oxygens (including phenoxy) is 2. The topological polar surface area (TPSA) is 62.3 Å². The summed E-state index contributed by atoms with van der Waals surface area (Å²) in [5.41, 5.74) is 7.88. The summed E-state index contributed by atoms with van der Waals surface area (Å²) in [6.07, 6.45) is 1.76. The molecule has 5 heteroatoms. The maximum absolute atomic E-state index is 5.67. The standard InChI is InChI=1S/C15H23N3O2/c1-19-11-12-20-10-4-9-18-14-6-3-2-5-13(14)17-15(18)7-8-16/h2-3,5-6H,4,7-12,16H2,1H3. The number of imidazole rings is 1. The van der Waals surface area contributed by atoms with E-state index in [2.05, 4.69) is 15.6 Å². The third-order valence-corrected chi connectivity index (χ3v) is 3.20. The zero-order valence-electron chi connectivity index (χ0n) is 12.0. The number of aromatic nitrogens is 2. The summed E-state index contributed by atoms with van der Waals surface area (Å²) in [6.45, 7) is 3.55. The Bertz CT molecular complexity index is 525. The van der Waals surface area contributed by atoms with Gasteiger partial charge < -0.3 is 19.8 Å². The van der Waals surface area contributed by atoms with Crippen molar-refractivity contribution in [3.63, 3.8) is 0 Å². The van der Waals surface area contributed by atoms with Gasteiger partial charge in [-0.3, -0.25) is 0 Å². The molecule has 0 amide bonds. The second kappa shape index (κ2) is 7.99. The van der Waals surface area contributed by atoms with E-state index in [9.17, 15) is 0 Å². The van der Waals surface area contributed by atoms with Crippen molar-refractivity contribution in [2.75, 3.05) is 33.5 Å². The van der Waals surface area contributed by atoms with Crippen LogP contribution in [0.2, 0.25) is 0 Å². The lowest BCUT2D eigenvalue weighted by molar-refractivity contribution is 0.0680. The Hall–Kier alpha value is -1.43. The van der Waals surface area contributed by atoms with E-state index < -0.39 is 0 Å². The molecule has 2 rings (SSSR count). The van der Waals surface area contributed by atoms with Gasteiger partial charge in [0.05, 0.1) is 24.2 Å². The molecule has 0 atom stereocenters. The zero-order chi connectivity index (χ0) is 14.2. The molecular weight excluding hydrogens is 254 g/mol. The highest BCUT2D eigenvalue weighted by atomic mass is 16.5. The number of hydrogen-bond acceptors (Lipinski definition) is 4. The van der Waals surface area contributed by atoms with Crippen LogP contribution in [0.1, 0.15) is 12.2 Å². The van der Waals surface area contributed by atoms with E-state index in [1.807, 2.05) is 18.2 Å². The van der Waals surface area contributed by atoms with Gasteiger partial charge in [-0.05, 0) is 25.1 Å². The van der Waals surface area contributed by atoms with E-state index in [4.69, 9.17) is 15.2 Å². The van der Waals surface area contributed by atoms with Gasteiger partial charge in [-0.2, -0.15) is 0 Å². The molecule has 0 fully saturated rings. The fourth-order valence-electron chi connectivity index (χ4n) is 2.26. The second-order valence-corrected chi connectivity index (χ2v) is 4.67. The van der Waals surface area contributed by atoms with Gasteiger partial charge in [0.25, 0.3) is 0 Å². The molecular formula is C15H23N3O2. The van der Waals surface area contributed by atoms with Gasteiger partial charge in [-0.25, -0.2) is 4.98 Å². The highest BCUT2D eigenvalue weighted by molar-refractivity contribution is 5.75. The molecule has 0 aliphatic heterocycles. The number of hydrogen-bond donors (Lipinski definition) is 1. The van der Waals surface area contributed by atoms with Crippen LogP contribution in [0.25, 0.3) is 11.0 Å². The van der Waals surface area contributed by atoms with Gasteiger partial charge in [-0.1, -0.05) is 12.1 Å². The van der Waals surface area contributed by atoms with Crippen molar-refractivity contribution in [3.05, 3.63) is 30.1 Å². The summed E-state index contributed by atoms with van der Waals surface area (Å²) in [6, 6.07) is 8.21. The van der Waals surface area contributed by atoms with Gasteiger partial charge in [0.1, 0.15) is 5.82 Å². The Kier molecular flexibility index (Phi) is 5.98. The normalized spacial score (nSPS) is 11.3. The highest BCUT2D eigenvalue weighted by Gasteiger charge is 2.09. The molecule has 1 aromatic carbocycles. The molecule has 2 N–H and O–H groups in total. The van der Waals surface area contributed by atoms with Crippen LogP contribution in [0.4, 0.5) is 0 Å². The summed E-state index contributed by atoms with van der Waals surface area (Å²) in [5.74, 6) is 1.06. The van der Waals surface area contributed by atoms with Crippen LogP contribution in [0.3, 0.4) is 0 Å². The van der Waals surface area contributed by atoms with Crippen LogP contribution < -0.4 is 5.73 Å². The lowest BCUT2D eigenvalue weighted by atomic mass is 10.3. The van der Waals surface area contributed by atoms with E-state index in [0.29, 0.717) is 19.8 Å². The molecule has 1 aromatic heterocycles. The fraction of sp³-hybridized carbons (Fsp3) is 0.533. The number of nitrogens with zero attached hydrogens (tertiary/aromatic N) is 2. The van der Waals surface area contributed by atoms with E-state index in [-0.39, 0.29) is 0 Å². The van der Waals surface area contributed by atoms with Gasteiger partial charge in [0, 0.05) is 26.7 Å². The Morgan fingerprint density at radius 3 is 2.85 bits per heavy atom. The van der Waals surface area contributed by atoms with Crippen LogP contribution >= 0.6 is 0 Å². The Labute approximate surface area is 119 Å². The van der Waals surface area contributed by atoms with Gasteiger partial charge in [0.15, 0.2) is 0 Å². The zero-order valence-corrected chi connectivity index (χ0v) is 12.0. The molecule has 20 heavy (non-hydrogen) atoms. The van der Waals surface area contributed by atoms with Crippen LogP contribution in [-0.2, 0) is 22.4 Å². The molecule has 1 heterocycles. The number of aryl methyl sites for hydroxylation is 1. The first kappa shape index (κ1) is 15.0. The number of benzene rings is 1. The van der Waals surface area contributed by atoms with Crippen molar-refractivity contribution in [3.8, 4) is 0 Å². The SMILES string of the molecule is COCCOCCCn1c(CCN)nc2ccccc21. The number of nitrogens with two attached hydrogens (primary N) is 1. The molecule has 0 aliphatic rings. The van der Waals surface area contributed by atoms with Crippen molar-refractivity contribution in [2.45, 2.75) is 19.4 Å². The van der Waals surface area contributed by atoms with Crippen molar-refractivity contribution in [1.29, 1.82) is 0 Å². The van der Waals surface area contributed by atoms with Gasteiger partial charge >= 0.3 is 0 Å². The van der Waals surface area contributed by atoms with E-state index >= 15 is 0 Å². The van der Waals surface area contributed by atoms with Crippen LogP contribution in [-0.4, -0.2) is 43.0 Å². The van der Waals surface area contributed by atoms with Gasteiger partial charge in [0.2, 0.25) is 0 Å². The average Bonchev–Trinajstić information content (AvgIpc) is 2.81. The Morgan fingerprint density at radius 2 is 2.05 bits per heavy atom. The molecule has 110 valence electrons. The molecule has 0 bridgehead atoms. The van der Waals surface area contributed by atoms with Crippen molar-refractivity contribution < 1.29 is 9.47 Å². The third-order valence-electron chi connectivity index (χ3n) is 3.20. The lowest BCUT2D eigenvalue weighted by Gasteiger charge is -2.09. The first-order chi connectivity index (χ1) is 9.86. The highest BCUT2D eigenvalue weighted by Crippen LogP contribution is 2.16. The minimum atomic E-state index is 0.619. The minimum Gasteiger partial charge on any atom is -0.382 e. The van der Waals surface area contributed by atoms with Crippen LogP contribution in [0, 0.1) is 0 Å².